The van der Waals surface area contributed by atoms with Gasteiger partial charge in [0.15, 0.2) is 0 Å². The van der Waals surface area contributed by atoms with Crippen molar-refractivity contribution < 1.29 is 19.1 Å². The van der Waals surface area contributed by atoms with Crippen molar-refractivity contribution in [2.45, 2.75) is 85.9 Å². The second-order valence-electron chi connectivity index (χ2n) is 6.21. The number of hydrogen-bond donors (Lipinski definition) is 0. The fourth-order valence-corrected chi connectivity index (χ4v) is 2.21. The summed E-state index contributed by atoms with van der Waals surface area (Å²) in [4.78, 5) is 23.4. The Kier molecular flexibility index (Phi) is 10.1. The van der Waals surface area contributed by atoms with Crippen LogP contribution in [0.25, 0.3) is 0 Å². The van der Waals surface area contributed by atoms with Gasteiger partial charge in [-0.3, -0.25) is 9.59 Å². The van der Waals surface area contributed by atoms with Gasteiger partial charge in [0, 0.05) is 12.8 Å². The SMILES string of the molecule is CCC(OC(=O)CCCC(=O)OC(CC)C(C)C)C(C)C. The highest BCUT2D eigenvalue weighted by Crippen LogP contribution is 2.14. The number of ether oxygens (including phenoxy) is 2. The quantitative estimate of drug-likeness (QED) is 0.570. The highest BCUT2D eigenvalue weighted by atomic mass is 16.5. The van der Waals surface area contributed by atoms with Crippen LogP contribution in [0.3, 0.4) is 0 Å². The number of carbonyl (C=O) groups excluding carboxylic acids is 2. The van der Waals surface area contributed by atoms with Crippen LogP contribution < -0.4 is 0 Å². The molecule has 0 aromatic rings. The van der Waals surface area contributed by atoms with E-state index >= 15 is 0 Å². The molecule has 0 spiro atoms. The van der Waals surface area contributed by atoms with Crippen molar-refractivity contribution in [2.75, 3.05) is 0 Å². The van der Waals surface area contributed by atoms with E-state index in [2.05, 4.69) is 0 Å². The number of carbonyl (C=O) groups is 2. The zero-order valence-corrected chi connectivity index (χ0v) is 14.5. The van der Waals surface area contributed by atoms with Gasteiger partial charge in [0.05, 0.1) is 0 Å². The van der Waals surface area contributed by atoms with Crippen LogP contribution in [0.4, 0.5) is 0 Å². The Morgan fingerprint density at radius 3 is 1.33 bits per heavy atom. The maximum absolute atomic E-state index is 11.7. The molecule has 0 radical (unpaired) electrons. The number of hydrogen-bond acceptors (Lipinski definition) is 4. The van der Waals surface area contributed by atoms with E-state index in [1.807, 2.05) is 41.5 Å². The second-order valence-corrected chi connectivity index (χ2v) is 6.21. The van der Waals surface area contributed by atoms with E-state index in [-0.39, 0.29) is 37.0 Å². The summed E-state index contributed by atoms with van der Waals surface area (Å²) in [7, 11) is 0. The van der Waals surface area contributed by atoms with E-state index in [0.29, 0.717) is 18.3 Å². The molecule has 0 saturated heterocycles. The molecule has 2 atom stereocenters. The first-order valence-corrected chi connectivity index (χ1v) is 8.20. The molecule has 4 heteroatoms. The molecule has 0 bridgehead atoms. The largest absolute Gasteiger partial charge is 0.462 e. The fraction of sp³-hybridized carbons (Fsp3) is 0.882. The van der Waals surface area contributed by atoms with Crippen LogP contribution >= 0.6 is 0 Å². The molecule has 0 rings (SSSR count). The minimum absolute atomic E-state index is 0.0325. The predicted octanol–water partition coefficient (Wildman–Crippen LogP) is 4.11. The average Bonchev–Trinajstić information content (AvgIpc) is 2.41. The highest BCUT2D eigenvalue weighted by Gasteiger charge is 2.18. The van der Waals surface area contributed by atoms with E-state index in [4.69, 9.17) is 9.47 Å². The Balaban J connectivity index is 3.97. The van der Waals surface area contributed by atoms with Crippen LogP contribution in [-0.4, -0.2) is 24.1 Å². The van der Waals surface area contributed by atoms with Crippen LogP contribution in [0.1, 0.15) is 73.6 Å². The Morgan fingerprint density at radius 1 is 0.762 bits per heavy atom. The monoisotopic (exact) mass is 300 g/mol. The minimum atomic E-state index is -0.223. The summed E-state index contributed by atoms with van der Waals surface area (Å²) >= 11 is 0. The van der Waals surface area contributed by atoms with Crippen molar-refractivity contribution in [3.05, 3.63) is 0 Å². The van der Waals surface area contributed by atoms with Crippen molar-refractivity contribution >= 4 is 11.9 Å². The van der Waals surface area contributed by atoms with Gasteiger partial charge in [-0.2, -0.15) is 0 Å². The average molecular weight is 300 g/mol. The first-order valence-electron chi connectivity index (χ1n) is 8.20. The lowest BCUT2D eigenvalue weighted by molar-refractivity contribution is -0.153. The molecule has 0 N–H and O–H groups in total. The first-order chi connectivity index (χ1) is 9.81. The summed E-state index contributed by atoms with van der Waals surface area (Å²) in [6, 6.07) is 0. The van der Waals surface area contributed by atoms with Gasteiger partial charge >= 0.3 is 11.9 Å². The van der Waals surface area contributed by atoms with E-state index in [9.17, 15) is 9.59 Å². The molecular weight excluding hydrogens is 268 g/mol. The fourth-order valence-electron chi connectivity index (χ4n) is 2.21. The molecule has 0 aromatic heterocycles. The van der Waals surface area contributed by atoms with Gasteiger partial charge in [0.1, 0.15) is 12.2 Å². The highest BCUT2D eigenvalue weighted by molar-refractivity contribution is 5.72. The maximum atomic E-state index is 11.7. The van der Waals surface area contributed by atoms with Crippen LogP contribution in [0.15, 0.2) is 0 Å². The Bertz CT molecular complexity index is 280. The van der Waals surface area contributed by atoms with Gasteiger partial charge in [-0.05, 0) is 31.1 Å². The molecule has 0 fully saturated rings. The lowest BCUT2D eigenvalue weighted by atomic mass is 10.1. The summed E-state index contributed by atoms with van der Waals surface area (Å²) in [5.41, 5.74) is 0. The van der Waals surface area contributed by atoms with Gasteiger partial charge < -0.3 is 9.47 Å². The van der Waals surface area contributed by atoms with Crippen molar-refractivity contribution in [1.29, 1.82) is 0 Å². The topological polar surface area (TPSA) is 52.6 Å². The van der Waals surface area contributed by atoms with E-state index < -0.39 is 0 Å². The summed E-state index contributed by atoms with van der Waals surface area (Å²) in [5, 5.41) is 0. The summed E-state index contributed by atoms with van der Waals surface area (Å²) in [5.74, 6) is 0.194. The van der Waals surface area contributed by atoms with Crippen LogP contribution in [0, 0.1) is 11.8 Å². The molecule has 4 nitrogen and oxygen atoms in total. The Morgan fingerprint density at radius 2 is 1.10 bits per heavy atom. The molecule has 0 aliphatic heterocycles. The third-order valence-electron chi connectivity index (χ3n) is 3.62. The van der Waals surface area contributed by atoms with Crippen molar-refractivity contribution in [3.63, 3.8) is 0 Å². The van der Waals surface area contributed by atoms with Gasteiger partial charge in [0.2, 0.25) is 0 Å². The molecule has 0 amide bonds. The molecule has 0 heterocycles. The van der Waals surface area contributed by atoms with Crippen LogP contribution in [-0.2, 0) is 19.1 Å². The molecule has 0 saturated carbocycles. The Hall–Kier alpha value is -1.06. The number of esters is 2. The minimum Gasteiger partial charge on any atom is -0.462 e. The Labute approximate surface area is 129 Å². The maximum Gasteiger partial charge on any atom is 0.306 e. The van der Waals surface area contributed by atoms with Gasteiger partial charge in [-0.15, -0.1) is 0 Å². The second kappa shape index (κ2) is 10.6. The van der Waals surface area contributed by atoms with Crippen LogP contribution in [0.2, 0.25) is 0 Å². The van der Waals surface area contributed by atoms with Crippen molar-refractivity contribution in [2.24, 2.45) is 11.8 Å². The lowest BCUT2D eigenvalue weighted by Gasteiger charge is -2.20. The van der Waals surface area contributed by atoms with Crippen molar-refractivity contribution in [3.8, 4) is 0 Å². The molecule has 0 aliphatic carbocycles. The smallest absolute Gasteiger partial charge is 0.306 e. The van der Waals surface area contributed by atoms with Gasteiger partial charge in [0.25, 0.3) is 0 Å². The number of rotatable bonds is 10. The third-order valence-corrected chi connectivity index (χ3v) is 3.62. The molecule has 0 aliphatic rings. The summed E-state index contributed by atoms with van der Waals surface area (Å²) in [6.45, 7) is 12.2. The standard InChI is InChI=1S/C17H32O4/c1-7-14(12(3)4)20-16(18)10-9-11-17(19)21-15(8-2)13(5)6/h12-15H,7-11H2,1-6H3. The zero-order chi connectivity index (χ0) is 16.4. The third kappa shape index (κ3) is 8.74. The molecule has 124 valence electrons. The summed E-state index contributed by atoms with van der Waals surface area (Å²) in [6.07, 6.45) is 2.61. The van der Waals surface area contributed by atoms with Gasteiger partial charge in [-0.1, -0.05) is 41.5 Å². The molecule has 21 heavy (non-hydrogen) atoms. The van der Waals surface area contributed by atoms with Gasteiger partial charge in [-0.25, -0.2) is 0 Å². The van der Waals surface area contributed by atoms with E-state index in [0.717, 1.165) is 12.8 Å². The van der Waals surface area contributed by atoms with E-state index in [1.54, 1.807) is 0 Å². The molecule has 2 unspecified atom stereocenters. The normalized spacial score (nSPS) is 14.1. The summed E-state index contributed by atoms with van der Waals surface area (Å²) < 4.78 is 10.8. The first kappa shape index (κ1) is 19.9. The van der Waals surface area contributed by atoms with Crippen molar-refractivity contribution in [1.82, 2.24) is 0 Å². The molecule has 0 aromatic carbocycles. The predicted molar refractivity (Wildman–Crippen MR) is 83.9 cm³/mol. The molecular formula is C17H32O4. The lowest BCUT2D eigenvalue weighted by Crippen LogP contribution is -2.24. The zero-order valence-electron chi connectivity index (χ0n) is 14.5. The van der Waals surface area contributed by atoms with Crippen LogP contribution in [0.5, 0.6) is 0 Å². The van der Waals surface area contributed by atoms with E-state index in [1.165, 1.54) is 0 Å².